The Hall–Kier alpha value is -1.12. The molecule has 2 rings (SSSR count). The Kier molecular flexibility index (Phi) is 4.43. The van der Waals surface area contributed by atoms with Crippen LogP contribution in [0.4, 0.5) is 8.78 Å². The van der Waals surface area contributed by atoms with Crippen LogP contribution in [0.25, 0.3) is 0 Å². The van der Waals surface area contributed by atoms with Crippen LogP contribution in [-0.4, -0.2) is 17.3 Å². The first-order valence-corrected chi connectivity index (χ1v) is 7.24. The largest absolute Gasteiger partial charge is 0.300 e. The van der Waals surface area contributed by atoms with Gasteiger partial charge in [-0.05, 0) is 37.9 Å². The van der Waals surface area contributed by atoms with E-state index in [-0.39, 0.29) is 5.25 Å². The highest BCUT2D eigenvalue weighted by atomic mass is 32.2. The van der Waals surface area contributed by atoms with E-state index < -0.39 is 17.2 Å². The second-order valence-corrected chi connectivity index (χ2v) is 6.12. The van der Waals surface area contributed by atoms with Crippen LogP contribution in [0.15, 0.2) is 23.1 Å². The molecule has 0 heterocycles. The van der Waals surface area contributed by atoms with Crippen LogP contribution >= 0.6 is 11.8 Å². The minimum atomic E-state index is -0.563. The molecule has 0 bridgehead atoms. The zero-order valence-electron chi connectivity index (χ0n) is 10.7. The molecule has 0 aromatic heterocycles. The van der Waals surface area contributed by atoms with Crippen molar-refractivity contribution >= 4 is 11.8 Å². The van der Waals surface area contributed by atoms with Gasteiger partial charge in [0.05, 0.1) is 6.07 Å². The molecule has 1 aromatic carbocycles. The molecule has 5 heteroatoms. The highest BCUT2D eigenvalue weighted by Gasteiger charge is 2.39. The molecule has 1 aliphatic carbocycles. The Balaban J connectivity index is 2.04. The van der Waals surface area contributed by atoms with Gasteiger partial charge in [0.25, 0.3) is 0 Å². The topological polar surface area (TPSA) is 35.8 Å². The van der Waals surface area contributed by atoms with Gasteiger partial charge in [0.2, 0.25) is 0 Å². The Labute approximate surface area is 116 Å². The van der Waals surface area contributed by atoms with Gasteiger partial charge >= 0.3 is 0 Å². The molecule has 1 saturated carbocycles. The van der Waals surface area contributed by atoms with E-state index in [2.05, 4.69) is 11.4 Å². The molecule has 19 heavy (non-hydrogen) atoms. The molecule has 102 valence electrons. The SMILES string of the molecule is CCNC1(C#N)CCC(Sc2ccc(F)cc2F)C1. The molecule has 0 radical (unpaired) electrons. The van der Waals surface area contributed by atoms with E-state index >= 15 is 0 Å². The van der Waals surface area contributed by atoms with Crippen molar-refractivity contribution in [1.29, 1.82) is 5.26 Å². The maximum absolute atomic E-state index is 13.6. The molecule has 1 aliphatic rings. The van der Waals surface area contributed by atoms with Gasteiger partial charge in [0.1, 0.15) is 17.2 Å². The zero-order chi connectivity index (χ0) is 13.9. The number of thioether (sulfide) groups is 1. The summed E-state index contributed by atoms with van der Waals surface area (Å²) in [6.45, 7) is 2.72. The summed E-state index contributed by atoms with van der Waals surface area (Å²) in [7, 11) is 0. The zero-order valence-corrected chi connectivity index (χ0v) is 11.6. The monoisotopic (exact) mass is 282 g/mol. The van der Waals surface area contributed by atoms with E-state index in [0.717, 1.165) is 25.5 Å². The molecule has 2 nitrogen and oxygen atoms in total. The van der Waals surface area contributed by atoms with Crippen LogP contribution in [-0.2, 0) is 0 Å². The third-order valence-electron chi connectivity index (χ3n) is 3.39. The number of rotatable bonds is 4. The lowest BCUT2D eigenvalue weighted by molar-refractivity contribution is 0.436. The molecular weight excluding hydrogens is 266 g/mol. The normalized spacial score (nSPS) is 26.3. The van der Waals surface area contributed by atoms with E-state index in [1.165, 1.54) is 23.9 Å². The van der Waals surface area contributed by atoms with Crippen molar-refractivity contribution in [2.24, 2.45) is 0 Å². The molecule has 1 aromatic rings. The third-order valence-corrected chi connectivity index (χ3v) is 4.71. The van der Waals surface area contributed by atoms with Crippen LogP contribution in [0.5, 0.6) is 0 Å². The maximum atomic E-state index is 13.6. The van der Waals surface area contributed by atoms with Crippen molar-refractivity contribution in [2.75, 3.05) is 6.54 Å². The van der Waals surface area contributed by atoms with Gasteiger partial charge in [-0.25, -0.2) is 8.78 Å². The van der Waals surface area contributed by atoms with Crippen LogP contribution in [0, 0.1) is 23.0 Å². The summed E-state index contributed by atoms with van der Waals surface area (Å²) in [5, 5.41) is 12.7. The second-order valence-electron chi connectivity index (χ2n) is 4.78. The van der Waals surface area contributed by atoms with E-state index in [9.17, 15) is 14.0 Å². The molecular formula is C14H16F2N2S. The van der Waals surface area contributed by atoms with Gasteiger partial charge < -0.3 is 0 Å². The minimum Gasteiger partial charge on any atom is -0.300 e. The van der Waals surface area contributed by atoms with E-state index in [0.29, 0.717) is 11.3 Å². The lowest BCUT2D eigenvalue weighted by Gasteiger charge is -2.21. The summed E-state index contributed by atoms with van der Waals surface area (Å²) in [6.07, 6.45) is 2.33. The van der Waals surface area contributed by atoms with Gasteiger partial charge in [-0.2, -0.15) is 5.26 Å². The Bertz CT molecular complexity index is 501. The van der Waals surface area contributed by atoms with Crippen molar-refractivity contribution in [1.82, 2.24) is 5.32 Å². The summed E-state index contributed by atoms with van der Waals surface area (Å²) < 4.78 is 26.4. The highest BCUT2D eigenvalue weighted by Crippen LogP contribution is 2.40. The van der Waals surface area contributed by atoms with Gasteiger partial charge in [0, 0.05) is 16.2 Å². The maximum Gasteiger partial charge on any atom is 0.139 e. The van der Waals surface area contributed by atoms with E-state index in [1.54, 1.807) is 0 Å². The predicted molar refractivity (Wildman–Crippen MR) is 71.9 cm³/mol. The standard InChI is InChI=1S/C14H16F2N2S/c1-2-18-14(9-17)6-5-11(8-14)19-13-4-3-10(15)7-12(13)16/h3-4,7,11,18H,2,5-6,8H2,1H3. The van der Waals surface area contributed by atoms with Crippen molar-refractivity contribution < 1.29 is 8.78 Å². The van der Waals surface area contributed by atoms with Gasteiger partial charge in [0.15, 0.2) is 0 Å². The quantitative estimate of drug-likeness (QED) is 0.918. The number of nitrogens with zero attached hydrogens (tertiary/aromatic N) is 1. The fraction of sp³-hybridized carbons (Fsp3) is 0.500. The summed E-state index contributed by atoms with van der Waals surface area (Å²) in [5.41, 5.74) is -0.483. The fourth-order valence-corrected chi connectivity index (χ4v) is 3.77. The van der Waals surface area contributed by atoms with Crippen molar-refractivity contribution in [3.63, 3.8) is 0 Å². The van der Waals surface area contributed by atoms with E-state index in [4.69, 9.17) is 0 Å². The third kappa shape index (κ3) is 3.26. The first kappa shape index (κ1) is 14.3. The lowest BCUT2D eigenvalue weighted by atomic mass is 10.0. The Morgan fingerprint density at radius 1 is 1.53 bits per heavy atom. The average molecular weight is 282 g/mol. The summed E-state index contributed by atoms with van der Waals surface area (Å²) in [4.78, 5) is 0.455. The van der Waals surface area contributed by atoms with Gasteiger partial charge in [-0.15, -0.1) is 11.8 Å². The number of nitrogens with one attached hydrogen (secondary N) is 1. The first-order valence-electron chi connectivity index (χ1n) is 6.36. The molecule has 2 atom stereocenters. The Morgan fingerprint density at radius 3 is 2.95 bits per heavy atom. The lowest BCUT2D eigenvalue weighted by Crippen LogP contribution is -2.41. The number of hydrogen-bond donors (Lipinski definition) is 1. The summed E-state index contributed by atoms with van der Waals surface area (Å²) in [6, 6.07) is 5.97. The Morgan fingerprint density at radius 2 is 2.32 bits per heavy atom. The highest BCUT2D eigenvalue weighted by molar-refractivity contribution is 8.00. The van der Waals surface area contributed by atoms with E-state index in [1.807, 2.05) is 6.92 Å². The fourth-order valence-electron chi connectivity index (χ4n) is 2.49. The first-order chi connectivity index (χ1) is 9.08. The molecule has 0 amide bonds. The molecule has 0 aliphatic heterocycles. The van der Waals surface area contributed by atoms with Crippen LogP contribution < -0.4 is 5.32 Å². The number of hydrogen-bond acceptors (Lipinski definition) is 3. The van der Waals surface area contributed by atoms with Crippen molar-refractivity contribution in [3.8, 4) is 6.07 Å². The molecule has 1 N–H and O–H groups in total. The average Bonchev–Trinajstić information content (AvgIpc) is 2.77. The van der Waals surface area contributed by atoms with Crippen molar-refractivity contribution in [2.45, 2.75) is 41.9 Å². The van der Waals surface area contributed by atoms with Crippen LogP contribution in [0.3, 0.4) is 0 Å². The molecule has 0 spiro atoms. The van der Waals surface area contributed by atoms with Gasteiger partial charge in [-0.3, -0.25) is 5.32 Å². The predicted octanol–water partition coefficient (Wildman–Crippen LogP) is 3.48. The second kappa shape index (κ2) is 5.89. The number of nitriles is 1. The minimum absolute atomic E-state index is 0.193. The number of benzene rings is 1. The van der Waals surface area contributed by atoms with Gasteiger partial charge in [-0.1, -0.05) is 6.92 Å². The summed E-state index contributed by atoms with van der Waals surface area (Å²) >= 11 is 1.40. The summed E-state index contributed by atoms with van der Waals surface area (Å²) in [5.74, 6) is -1.09. The number of halogens is 2. The van der Waals surface area contributed by atoms with Crippen LogP contribution in [0.1, 0.15) is 26.2 Å². The van der Waals surface area contributed by atoms with Crippen molar-refractivity contribution in [3.05, 3.63) is 29.8 Å². The van der Waals surface area contributed by atoms with Crippen LogP contribution in [0.2, 0.25) is 0 Å². The smallest absolute Gasteiger partial charge is 0.139 e. The molecule has 1 fully saturated rings. The molecule has 0 saturated heterocycles. The molecule has 2 unspecified atom stereocenters.